The van der Waals surface area contributed by atoms with Crippen molar-refractivity contribution in [1.82, 2.24) is 14.5 Å². The van der Waals surface area contributed by atoms with Crippen molar-refractivity contribution in [3.05, 3.63) is 86.7 Å². The molecule has 2 N–H and O–H groups in total. The van der Waals surface area contributed by atoms with E-state index >= 15 is 4.39 Å². The summed E-state index contributed by atoms with van der Waals surface area (Å²) in [5.41, 5.74) is 3.21. The summed E-state index contributed by atoms with van der Waals surface area (Å²) in [5.74, 6) is -0.912. The highest BCUT2D eigenvalue weighted by atomic mass is 32.2. The highest BCUT2D eigenvalue weighted by Gasteiger charge is 2.26. The van der Waals surface area contributed by atoms with E-state index in [2.05, 4.69) is 9.82 Å². The van der Waals surface area contributed by atoms with Crippen LogP contribution in [-0.4, -0.2) is 30.8 Å². The van der Waals surface area contributed by atoms with Crippen molar-refractivity contribution in [2.24, 2.45) is 12.0 Å². The molecule has 1 aliphatic heterocycles. The third kappa shape index (κ3) is 4.29. The fraction of sp³-hybridized carbons (Fsp3) is 0.227. The maximum absolute atomic E-state index is 15.0. The predicted molar refractivity (Wildman–Crippen MR) is 118 cm³/mol. The second-order valence-electron chi connectivity index (χ2n) is 7.45. The number of aliphatic imine (C=N–C) groups is 1. The van der Waals surface area contributed by atoms with Crippen LogP contribution in [0.3, 0.4) is 0 Å². The van der Waals surface area contributed by atoms with Crippen molar-refractivity contribution in [2.45, 2.75) is 19.4 Å². The first-order valence-electron chi connectivity index (χ1n) is 9.84. The number of halogens is 2. The Hall–Kier alpha value is -3.08. The van der Waals surface area contributed by atoms with Crippen LogP contribution in [0.2, 0.25) is 0 Å². The molecular weight excluding hydrogens is 438 g/mol. The second kappa shape index (κ2) is 8.81. The molecule has 4 rings (SSSR count). The van der Waals surface area contributed by atoms with Gasteiger partial charge < -0.3 is 0 Å². The van der Waals surface area contributed by atoms with Gasteiger partial charge in [-0.25, -0.2) is 22.4 Å². The minimum absolute atomic E-state index is 0.0850. The molecule has 1 aliphatic rings. The Morgan fingerprint density at radius 3 is 2.56 bits per heavy atom. The van der Waals surface area contributed by atoms with E-state index in [0.717, 1.165) is 0 Å². The smallest absolute Gasteiger partial charge is 0.266 e. The van der Waals surface area contributed by atoms with Crippen molar-refractivity contribution in [3.8, 4) is 11.3 Å². The van der Waals surface area contributed by atoms with Gasteiger partial charge in [0.2, 0.25) is 11.3 Å². The molecule has 0 spiro atoms. The molecule has 3 aromatic rings. The number of nitrogens with one attached hydrogen (secondary N) is 1. The Bertz CT molecular complexity index is 1310. The van der Waals surface area contributed by atoms with Gasteiger partial charge >= 0.3 is 0 Å². The van der Waals surface area contributed by atoms with E-state index in [9.17, 15) is 13.4 Å². The Balaban J connectivity index is 1.95. The second-order valence-corrected chi connectivity index (χ2v) is 8.24. The molecule has 32 heavy (non-hydrogen) atoms. The van der Waals surface area contributed by atoms with Crippen LogP contribution in [-0.2, 0) is 24.7 Å². The zero-order valence-corrected chi connectivity index (χ0v) is 18.1. The number of rotatable bonds is 5. The SMILES string of the molecule is CC1N=C(c2ccc(F)cc2)c2cc(F)c(CCNS(=O)O)cc2-c2nn(C)c(=O)cc21. The molecule has 1 aromatic heterocycles. The number of aryl methyl sites for hydroxylation is 1. The van der Waals surface area contributed by atoms with Crippen molar-refractivity contribution in [2.75, 3.05) is 6.54 Å². The molecule has 0 aliphatic carbocycles. The lowest BCUT2D eigenvalue weighted by atomic mass is 9.92. The molecule has 2 heterocycles. The summed E-state index contributed by atoms with van der Waals surface area (Å²) in [7, 11) is 1.53. The van der Waals surface area contributed by atoms with Crippen LogP contribution < -0.4 is 10.3 Å². The van der Waals surface area contributed by atoms with Crippen molar-refractivity contribution in [3.63, 3.8) is 0 Å². The van der Waals surface area contributed by atoms with E-state index < -0.39 is 28.9 Å². The van der Waals surface area contributed by atoms with Crippen molar-refractivity contribution in [1.29, 1.82) is 0 Å². The summed E-state index contributed by atoms with van der Waals surface area (Å²) in [5, 5.41) is 4.43. The third-order valence-electron chi connectivity index (χ3n) is 5.33. The van der Waals surface area contributed by atoms with Crippen molar-refractivity contribution >= 4 is 17.0 Å². The average Bonchev–Trinajstić information content (AvgIpc) is 2.84. The van der Waals surface area contributed by atoms with Gasteiger partial charge in [0.05, 0.1) is 17.4 Å². The van der Waals surface area contributed by atoms with Crippen LogP contribution in [0.1, 0.15) is 35.2 Å². The Labute approximate surface area is 185 Å². The minimum atomic E-state index is -2.20. The fourth-order valence-corrected chi connectivity index (χ4v) is 4.00. The number of aromatic nitrogens is 2. The molecule has 0 amide bonds. The van der Waals surface area contributed by atoms with E-state index in [0.29, 0.717) is 39.2 Å². The number of benzene rings is 2. The van der Waals surface area contributed by atoms with Gasteiger partial charge in [0.25, 0.3) is 5.56 Å². The molecule has 0 saturated carbocycles. The standard InChI is InChI=1S/C22H20F2N4O3S/c1-12-16-11-20(29)28(2)27-22(16)17-9-14(7-8-25-32(30)31)19(24)10-18(17)21(26-12)13-3-5-15(23)6-4-13/h3-6,9-12,25H,7-8H2,1-2H3,(H,30,31). The van der Waals surface area contributed by atoms with Crippen LogP contribution in [0.5, 0.6) is 0 Å². The lowest BCUT2D eigenvalue weighted by Gasteiger charge is -2.14. The molecule has 2 aromatic carbocycles. The Morgan fingerprint density at radius 1 is 1.16 bits per heavy atom. The summed E-state index contributed by atoms with van der Waals surface area (Å²) in [6, 6.07) is 9.73. The van der Waals surface area contributed by atoms with Gasteiger partial charge in [-0.3, -0.25) is 14.3 Å². The Kier molecular flexibility index (Phi) is 6.09. The summed E-state index contributed by atoms with van der Waals surface area (Å²) >= 11 is -2.20. The van der Waals surface area contributed by atoms with Gasteiger partial charge in [0.1, 0.15) is 11.6 Å². The molecule has 0 fully saturated rings. The monoisotopic (exact) mass is 458 g/mol. The van der Waals surface area contributed by atoms with Gasteiger partial charge in [0, 0.05) is 41.9 Å². The minimum Gasteiger partial charge on any atom is -0.294 e. The van der Waals surface area contributed by atoms with E-state index in [-0.39, 0.29) is 18.5 Å². The fourth-order valence-electron chi connectivity index (χ4n) is 3.72. The molecular formula is C22H20F2N4O3S. The van der Waals surface area contributed by atoms with Gasteiger partial charge in [-0.2, -0.15) is 5.10 Å². The maximum Gasteiger partial charge on any atom is 0.266 e. The molecule has 2 atom stereocenters. The molecule has 0 bridgehead atoms. The first-order valence-corrected chi connectivity index (χ1v) is 10.9. The summed E-state index contributed by atoms with van der Waals surface area (Å²) < 4.78 is 51.9. The summed E-state index contributed by atoms with van der Waals surface area (Å²) in [6.45, 7) is 1.90. The molecule has 7 nitrogen and oxygen atoms in total. The van der Waals surface area contributed by atoms with E-state index in [4.69, 9.17) is 9.55 Å². The molecule has 166 valence electrons. The first kappa shape index (κ1) is 22.1. The van der Waals surface area contributed by atoms with E-state index in [1.165, 1.54) is 36.0 Å². The highest BCUT2D eigenvalue weighted by Crippen LogP contribution is 2.36. The number of hydrogen-bond acceptors (Lipinski definition) is 4. The average molecular weight is 458 g/mol. The van der Waals surface area contributed by atoms with Crippen LogP contribution >= 0.6 is 0 Å². The van der Waals surface area contributed by atoms with E-state index in [1.807, 2.05) is 6.92 Å². The summed E-state index contributed by atoms with van der Waals surface area (Å²) in [6.07, 6.45) is 0.158. The zero-order chi connectivity index (χ0) is 23.0. The zero-order valence-electron chi connectivity index (χ0n) is 17.3. The molecule has 10 heteroatoms. The Morgan fingerprint density at radius 2 is 1.88 bits per heavy atom. The molecule has 0 radical (unpaired) electrons. The van der Waals surface area contributed by atoms with Gasteiger partial charge in [-0.05, 0) is 55.3 Å². The quantitative estimate of drug-likeness (QED) is 0.575. The number of fused-ring (bicyclic) bond motifs is 3. The topological polar surface area (TPSA) is 96.6 Å². The highest BCUT2D eigenvalue weighted by molar-refractivity contribution is 7.77. The lowest BCUT2D eigenvalue weighted by Crippen LogP contribution is -2.21. The van der Waals surface area contributed by atoms with Crippen LogP contribution in [0, 0.1) is 11.6 Å². The normalized spacial score (nSPS) is 16.0. The first-order chi connectivity index (χ1) is 15.2. The van der Waals surface area contributed by atoms with Crippen molar-refractivity contribution < 1.29 is 17.5 Å². The van der Waals surface area contributed by atoms with Crippen LogP contribution in [0.25, 0.3) is 11.3 Å². The number of nitrogens with zero attached hydrogens (tertiary/aromatic N) is 3. The van der Waals surface area contributed by atoms with Crippen LogP contribution in [0.15, 0.2) is 52.3 Å². The van der Waals surface area contributed by atoms with Crippen LogP contribution in [0.4, 0.5) is 8.78 Å². The third-order valence-corrected chi connectivity index (χ3v) is 5.78. The molecule has 2 unspecified atom stereocenters. The summed E-state index contributed by atoms with van der Waals surface area (Å²) in [4.78, 5) is 17.0. The largest absolute Gasteiger partial charge is 0.294 e. The lowest BCUT2D eigenvalue weighted by molar-refractivity contribution is 0.547. The predicted octanol–water partition coefficient (Wildman–Crippen LogP) is 2.91. The van der Waals surface area contributed by atoms with E-state index in [1.54, 1.807) is 18.2 Å². The number of hydrogen-bond donors (Lipinski definition) is 2. The van der Waals surface area contributed by atoms with Gasteiger partial charge in [-0.15, -0.1) is 0 Å². The molecule has 0 saturated heterocycles. The van der Waals surface area contributed by atoms with Gasteiger partial charge in [0.15, 0.2) is 0 Å². The maximum atomic E-state index is 15.0. The van der Waals surface area contributed by atoms with Gasteiger partial charge in [-0.1, -0.05) is 0 Å².